The molecule has 0 saturated heterocycles. The minimum Gasteiger partial charge on any atom is -0.766 e. The Bertz CT molecular complexity index is 168. The van der Waals surface area contributed by atoms with Gasteiger partial charge in [-0.1, -0.05) is 0 Å². The van der Waals surface area contributed by atoms with Gasteiger partial charge in [-0.15, -0.1) is 23.2 Å². The molecular weight excluding hydrogens is 231 g/mol. The first kappa shape index (κ1) is 16.7. The topological polar surface area (TPSA) is 52.6 Å². The second kappa shape index (κ2) is 8.58. The zero-order valence-corrected chi connectivity index (χ0v) is 10.1. The van der Waals surface area contributed by atoms with Gasteiger partial charge in [0, 0.05) is 32.0 Å². The van der Waals surface area contributed by atoms with Crippen molar-refractivity contribution in [2.45, 2.75) is 0 Å². The smallest absolute Gasteiger partial charge is 0.766 e. The van der Waals surface area contributed by atoms with Gasteiger partial charge in [-0.2, -0.15) is 0 Å². The van der Waals surface area contributed by atoms with Crippen molar-refractivity contribution in [3.63, 3.8) is 0 Å². The molecule has 0 fully saturated rings. The summed E-state index contributed by atoms with van der Waals surface area (Å²) in [5, 5.41) is 0. The van der Waals surface area contributed by atoms with Crippen LogP contribution in [0.1, 0.15) is 0 Å². The summed E-state index contributed by atoms with van der Waals surface area (Å²) in [5.74, 6) is 0.457. The van der Waals surface area contributed by atoms with E-state index in [-0.39, 0.29) is 43.7 Å². The van der Waals surface area contributed by atoms with Crippen LogP contribution in [0, 0.1) is 0 Å². The van der Waals surface area contributed by atoms with Crippen LogP contribution in [0.25, 0.3) is 0 Å². The fourth-order valence-corrected chi connectivity index (χ4v) is 2.23. The molecule has 13 heavy (non-hydrogen) atoms. The van der Waals surface area contributed by atoms with Crippen molar-refractivity contribution in [1.82, 2.24) is 4.67 Å². The molecule has 0 aromatic heterocycles. The van der Waals surface area contributed by atoms with Crippen molar-refractivity contribution in [3.8, 4) is 0 Å². The molecule has 0 aliphatic rings. The first-order chi connectivity index (χ1) is 5.58. The largest absolute Gasteiger partial charge is 1.00 e. The summed E-state index contributed by atoms with van der Waals surface area (Å²) in [7, 11) is -2.79. The number of rotatable bonds is 6. The minimum atomic E-state index is -3.90. The van der Waals surface area contributed by atoms with E-state index in [0.29, 0.717) is 0 Å². The van der Waals surface area contributed by atoms with E-state index in [1.807, 2.05) is 0 Å². The van der Waals surface area contributed by atoms with Gasteiger partial charge in [-0.05, 0) is 0 Å². The van der Waals surface area contributed by atoms with Crippen LogP contribution in [0.15, 0.2) is 0 Å². The molecule has 0 saturated carbocycles. The van der Waals surface area contributed by atoms with Crippen molar-refractivity contribution in [2.75, 3.05) is 32.0 Å². The van der Waals surface area contributed by atoms with Crippen LogP contribution in [0.2, 0.25) is 0 Å². The molecule has 0 rings (SSSR count). The SMILES string of the molecule is COP(=O)([O-])N(CCCl)CCCl.[Li+]. The fourth-order valence-electron chi connectivity index (χ4n) is 0.667. The van der Waals surface area contributed by atoms with Crippen molar-refractivity contribution in [1.29, 1.82) is 0 Å². The number of hydrogen-bond donors (Lipinski definition) is 0. The van der Waals surface area contributed by atoms with Gasteiger partial charge in [0.25, 0.3) is 0 Å². The van der Waals surface area contributed by atoms with Crippen LogP contribution in [0.5, 0.6) is 0 Å². The molecule has 8 heteroatoms. The molecule has 4 nitrogen and oxygen atoms in total. The van der Waals surface area contributed by atoms with Crippen molar-refractivity contribution >= 4 is 30.9 Å². The standard InChI is InChI=1S/C5H12Cl2NO3P.Li/c1-11-12(9,10)8(4-2-6)5-3-7;/h2-5H2,1H3,(H,9,10);/q;+1/p-1. The molecule has 0 aromatic rings. The maximum atomic E-state index is 11.1. The number of nitrogens with zero attached hydrogens (tertiary/aromatic N) is 1. The van der Waals surface area contributed by atoms with Crippen molar-refractivity contribution < 1.29 is 32.8 Å². The van der Waals surface area contributed by atoms with Crippen molar-refractivity contribution in [3.05, 3.63) is 0 Å². The molecule has 0 aliphatic carbocycles. The third-order valence-corrected chi connectivity index (χ3v) is 3.15. The molecular formula is C5H11Cl2LiNO3P. The Morgan fingerprint density at radius 2 is 1.77 bits per heavy atom. The number of hydrogen-bond acceptors (Lipinski definition) is 3. The monoisotopic (exact) mass is 241 g/mol. The molecule has 0 N–H and O–H groups in total. The van der Waals surface area contributed by atoms with E-state index < -0.39 is 7.75 Å². The zero-order valence-electron chi connectivity index (χ0n) is 7.70. The van der Waals surface area contributed by atoms with Crippen LogP contribution in [0.4, 0.5) is 0 Å². The summed E-state index contributed by atoms with van der Waals surface area (Å²) < 4.78 is 16.5. The van der Waals surface area contributed by atoms with Crippen LogP contribution < -0.4 is 23.8 Å². The average Bonchev–Trinajstić information content (AvgIpc) is 2.04. The maximum absolute atomic E-state index is 11.1. The number of alkyl halides is 2. The van der Waals surface area contributed by atoms with Crippen LogP contribution in [-0.4, -0.2) is 36.6 Å². The minimum absolute atomic E-state index is 0. The third kappa shape index (κ3) is 6.38. The Morgan fingerprint density at radius 3 is 2.00 bits per heavy atom. The molecule has 0 spiro atoms. The van der Waals surface area contributed by atoms with E-state index in [4.69, 9.17) is 23.2 Å². The molecule has 0 heterocycles. The number of halogens is 2. The third-order valence-electron chi connectivity index (χ3n) is 1.26. The van der Waals surface area contributed by atoms with Crippen LogP contribution in [-0.2, 0) is 9.09 Å². The van der Waals surface area contributed by atoms with E-state index in [1.165, 1.54) is 0 Å². The van der Waals surface area contributed by atoms with E-state index in [1.54, 1.807) is 0 Å². The fraction of sp³-hybridized carbons (Fsp3) is 1.00. The van der Waals surface area contributed by atoms with Gasteiger partial charge in [0.15, 0.2) is 0 Å². The first-order valence-corrected chi connectivity index (χ1v) is 5.89. The molecule has 0 aliphatic heterocycles. The summed E-state index contributed by atoms with van der Waals surface area (Å²) in [4.78, 5) is 11.1. The maximum Gasteiger partial charge on any atom is 1.00 e. The van der Waals surface area contributed by atoms with Gasteiger partial charge >= 0.3 is 18.9 Å². The molecule has 1 atom stereocenters. The van der Waals surface area contributed by atoms with Gasteiger partial charge in [-0.25, -0.2) is 4.67 Å². The zero-order chi connectivity index (χ0) is 9.61. The van der Waals surface area contributed by atoms with Gasteiger partial charge in [0.05, 0.1) is 0 Å². The quantitative estimate of drug-likeness (QED) is 0.304. The summed E-state index contributed by atoms with van der Waals surface area (Å²) in [6, 6.07) is 0. The Balaban J connectivity index is 0. The molecule has 0 radical (unpaired) electrons. The average molecular weight is 242 g/mol. The Hall–Kier alpha value is 1.29. The van der Waals surface area contributed by atoms with Gasteiger partial charge < -0.3 is 9.42 Å². The molecule has 74 valence electrons. The Kier molecular flexibility index (Phi) is 11.0. The van der Waals surface area contributed by atoms with Crippen molar-refractivity contribution in [2.24, 2.45) is 0 Å². The van der Waals surface area contributed by atoms with Crippen LogP contribution >= 0.6 is 30.9 Å². The van der Waals surface area contributed by atoms with E-state index in [9.17, 15) is 9.46 Å². The van der Waals surface area contributed by atoms with Crippen LogP contribution in [0.3, 0.4) is 0 Å². The predicted octanol–water partition coefficient (Wildman–Crippen LogP) is -2.12. The summed E-state index contributed by atoms with van der Waals surface area (Å²) >= 11 is 10.8. The Morgan fingerprint density at radius 1 is 1.38 bits per heavy atom. The summed E-state index contributed by atoms with van der Waals surface area (Å²) in [6.07, 6.45) is 0. The molecule has 1 unspecified atom stereocenters. The molecule has 0 bridgehead atoms. The Labute approximate surface area is 100 Å². The predicted molar refractivity (Wildman–Crippen MR) is 47.6 cm³/mol. The van der Waals surface area contributed by atoms with E-state index in [2.05, 4.69) is 4.52 Å². The van der Waals surface area contributed by atoms with E-state index in [0.717, 1.165) is 11.8 Å². The second-order valence-corrected chi connectivity index (χ2v) is 4.61. The van der Waals surface area contributed by atoms with E-state index >= 15 is 0 Å². The molecule has 0 amide bonds. The normalized spacial score (nSPS) is 15.2. The van der Waals surface area contributed by atoms with Gasteiger partial charge in [0.2, 0.25) is 7.75 Å². The summed E-state index contributed by atoms with van der Waals surface area (Å²) in [5.41, 5.74) is 0. The van der Waals surface area contributed by atoms with Gasteiger partial charge in [-0.3, -0.25) is 4.57 Å². The summed E-state index contributed by atoms with van der Waals surface area (Å²) in [6.45, 7) is 0.450. The second-order valence-electron chi connectivity index (χ2n) is 1.98. The first-order valence-electron chi connectivity index (χ1n) is 3.32. The molecule has 0 aromatic carbocycles. The van der Waals surface area contributed by atoms with Gasteiger partial charge in [0.1, 0.15) is 0 Å².